The van der Waals surface area contributed by atoms with E-state index in [-0.39, 0.29) is 24.3 Å². The number of ether oxygens (including phenoxy) is 2. The largest absolute Gasteiger partial charge is 0.454 e. The van der Waals surface area contributed by atoms with Gasteiger partial charge < -0.3 is 9.47 Å². The van der Waals surface area contributed by atoms with E-state index in [9.17, 15) is 8.42 Å². The van der Waals surface area contributed by atoms with Gasteiger partial charge in [-0.3, -0.25) is 4.90 Å². The van der Waals surface area contributed by atoms with Crippen LogP contribution >= 0.6 is 11.6 Å². The Balaban J connectivity index is 1.54. The van der Waals surface area contributed by atoms with E-state index in [1.165, 1.54) is 12.1 Å². The minimum absolute atomic E-state index is 0.0602. The summed E-state index contributed by atoms with van der Waals surface area (Å²) in [6, 6.07) is 12.2. The highest BCUT2D eigenvalue weighted by Crippen LogP contribution is 2.34. The number of halogens is 1. The molecule has 8 heteroatoms. The summed E-state index contributed by atoms with van der Waals surface area (Å²) in [6.45, 7) is 2.28. The van der Waals surface area contributed by atoms with Crippen molar-refractivity contribution in [2.75, 3.05) is 26.4 Å². The monoisotopic (exact) mass is 408 g/mol. The minimum atomic E-state index is -3.67. The van der Waals surface area contributed by atoms with E-state index in [2.05, 4.69) is 9.62 Å². The van der Waals surface area contributed by atoms with E-state index in [4.69, 9.17) is 21.1 Å². The molecule has 0 bridgehead atoms. The second-order valence-corrected chi connectivity index (χ2v) is 8.88. The zero-order chi connectivity index (χ0) is 18.9. The number of nitrogens with zero attached hydrogens (tertiary/aromatic N) is 1. The molecule has 27 heavy (non-hydrogen) atoms. The maximum Gasteiger partial charge on any atom is 0.240 e. The first-order valence-corrected chi connectivity index (χ1v) is 10.8. The lowest BCUT2D eigenvalue weighted by molar-refractivity contribution is 0.174. The first-order chi connectivity index (χ1) is 13.0. The summed E-state index contributed by atoms with van der Waals surface area (Å²) in [7, 11) is -3.67. The van der Waals surface area contributed by atoms with Crippen molar-refractivity contribution in [3.63, 3.8) is 0 Å². The Morgan fingerprint density at radius 3 is 2.63 bits per heavy atom. The number of hydrogen-bond donors (Lipinski definition) is 1. The van der Waals surface area contributed by atoms with Crippen molar-refractivity contribution in [2.45, 2.75) is 23.8 Å². The lowest BCUT2D eigenvalue weighted by Crippen LogP contribution is -2.36. The standard InChI is InChI=1S/C19H21ClN2O4S/c20-15-5-3-4-14(10-15)17(22-8-1-2-9-22)12-21-27(23,24)16-6-7-18-19(11-16)26-13-25-18/h3-7,10-11,17,21H,1-2,8-9,12-13H2/t17-/m0/s1. The van der Waals surface area contributed by atoms with Crippen molar-refractivity contribution in [3.05, 3.63) is 53.1 Å². The molecule has 2 aliphatic heterocycles. The fourth-order valence-corrected chi connectivity index (χ4v) is 4.79. The summed E-state index contributed by atoms with van der Waals surface area (Å²) in [5, 5.41) is 0.648. The Bertz CT molecular complexity index is 929. The first kappa shape index (κ1) is 18.6. The van der Waals surface area contributed by atoms with Gasteiger partial charge in [-0.05, 0) is 55.8 Å². The number of nitrogens with one attached hydrogen (secondary N) is 1. The summed E-state index contributed by atoms with van der Waals surface area (Å²) in [5.41, 5.74) is 1.01. The number of likely N-dealkylation sites (tertiary alicyclic amines) is 1. The first-order valence-electron chi connectivity index (χ1n) is 8.92. The molecule has 4 rings (SSSR count). The second kappa shape index (κ2) is 7.67. The Kier molecular flexibility index (Phi) is 5.27. The fraction of sp³-hybridized carbons (Fsp3) is 0.368. The van der Waals surface area contributed by atoms with Crippen LogP contribution in [0.1, 0.15) is 24.4 Å². The van der Waals surface area contributed by atoms with Crippen LogP contribution in [0.5, 0.6) is 11.5 Å². The molecular weight excluding hydrogens is 388 g/mol. The molecule has 0 amide bonds. The number of sulfonamides is 1. The third kappa shape index (κ3) is 4.06. The normalized spacial score (nSPS) is 18.0. The Hall–Kier alpha value is -1.80. The van der Waals surface area contributed by atoms with Gasteiger partial charge in [0.2, 0.25) is 16.8 Å². The second-order valence-electron chi connectivity index (χ2n) is 6.68. The quantitative estimate of drug-likeness (QED) is 0.795. The van der Waals surface area contributed by atoms with Crippen molar-refractivity contribution in [3.8, 4) is 11.5 Å². The molecule has 1 fully saturated rings. The predicted molar refractivity (Wildman–Crippen MR) is 103 cm³/mol. The predicted octanol–water partition coefficient (Wildman–Crippen LogP) is 3.18. The van der Waals surface area contributed by atoms with Crippen LogP contribution in [-0.2, 0) is 10.0 Å². The molecule has 2 aromatic carbocycles. The Morgan fingerprint density at radius 2 is 1.85 bits per heavy atom. The SMILES string of the molecule is O=S(=O)(NC[C@@H](c1cccc(Cl)c1)N1CCCC1)c1ccc2c(c1)OCO2. The maximum absolute atomic E-state index is 12.8. The van der Waals surface area contributed by atoms with Crippen LogP contribution in [0.15, 0.2) is 47.4 Å². The minimum Gasteiger partial charge on any atom is -0.454 e. The molecule has 0 radical (unpaired) electrons. The van der Waals surface area contributed by atoms with Gasteiger partial charge in [-0.2, -0.15) is 0 Å². The van der Waals surface area contributed by atoms with Gasteiger partial charge in [0.25, 0.3) is 0 Å². The molecule has 0 aromatic heterocycles. The third-order valence-corrected chi connectivity index (χ3v) is 6.59. The number of benzene rings is 2. The number of fused-ring (bicyclic) bond motifs is 1. The molecule has 0 aliphatic carbocycles. The molecular formula is C19H21ClN2O4S. The number of rotatable bonds is 6. The van der Waals surface area contributed by atoms with Gasteiger partial charge in [-0.1, -0.05) is 23.7 Å². The Morgan fingerprint density at radius 1 is 1.07 bits per heavy atom. The summed E-state index contributed by atoms with van der Waals surface area (Å²) >= 11 is 6.15. The molecule has 2 aromatic rings. The smallest absolute Gasteiger partial charge is 0.240 e. The van der Waals surface area contributed by atoms with Gasteiger partial charge in [-0.25, -0.2) is 13.1 Å². The average Bonchev–Trinajstić information content (AvgIpc) is 3.33. The van der Waals surface area contributed by atoms with Crippen molar-refractivity contribution in [2.24, 2.45) is 0 Å². The van der Waals surface area contributed by atoms with Gasteiger partial charge >= 0.3 is 0 Å². The molecule has 2 heterocycles. The van der Waals surface area contributed by atoms with E-state index in [1.54, 1.807) is 6.07 Å². The molecule has 1 atom stereocenters. The van der Waals surface area contributed by atoms with E-state index < -0.39 is 10.0 Å². The molecule has 0 spiro atoms. The van der Waals surface area contributed by atoms with Crippen LogP contribution in [0.2, 0.25) is 5.02 Å². The molecule has 1 saturated heterocycles. The van der Waals surface area contributed by atoms with Crippen LogP contribution in [0.25, 0.3) is 0 Å². The maximum atomic E-state index is 12.8. The molecule has 2 aliphatic rings. The molecule has 1 N–H and O–H groups in total. The third-order valence-electron chi connectivity index (χ3n) is 4.94. The summed E-state index contributed by atoms with van der Waals surface area (Å²) in [6.07, 6.45) is 2.23. The van der Waals surface area contributed by atoms with Crippen LogP contribution in [0.3, 0.4) is 0 Å². The van der Waals surface area contributed by atoms with Crippen molar-refractivity contribution >= 4 is 21.6 Å². The van der Waals surface area contributed by atoms with Crippen LogP contribution in [0.4, 0.5) is 0 Å². The van der Waals surface area contributed by atoms with E-state index >= 15 is 0 Å². The lowest BCUT2D eigenvalue weighted by Gasteiger charge is -2.28. The molecule has 0 unspecified atom stereocenters. The van der Waals surface area contributed by atoms with Crippen molar-refractivity contribution in [1.29, 1.82) is 0 Å². The number of hydrogen-bond acceptors (Lipinski definition) is 5. The molecule has 6 nitrogen and oxygen atoms in total. The van der Waals surface area contributed by atoms with Crippen molar-refractivity contribution in [1.82, 2.24) is 9.62 Å². The van der Waals surface area contributed by atoms with Gasteiger partial charge in [0, 0.05) is 23.7 Å². The van der Waals surface area contributed by atoms with Gasteiger partial charge in [0.05, 0.1) is 4.90 Å². The van der Waals surface area contributed by atoms with Gasteiger partial charge in [0.15, 0.2) is 11.5 Å². The molecule has 0 saturated carbocycles. The van der Waals surface area contributed by atoms with E-state index in [0.29, 0.717) is 16.5 Å². The van der Waals surface area contributed by atoms with Crippen molar-refractivity contribution < 1.29 is 17.9 Å². The highest BCUT2D eigenvalue weighted by atomic mass is 35.5. The van der Waals surface area contributed by atoms with E-state index in [1.807, 2.05) is 24.3 Å². The Labute approximate surface area is 164 Å². The van der Waals surface area contributed by atoms with Gasteiger partial charge in [-0.15, -0.1) is 0 Å². The summed E-state index contributed by atoms with van der Waals surface area (Å²) in [4.78, 5) is 2.46. The van der Waals surface area contributed by atoms with Crippen LogP contribution in [-0.4, -0.2) is 39.7 Å². The summed E-state index contributed by atoms with van der Waals surface area (Å²) < 4.78 is 38.9. The van der Waals surface area contributed by atoms with Crippen LogP contribution in [0, 0.1) is 0 Å². The highest BCUT2D eigenvalue weighted by molar-refractivity contribution is 7.89. The topological polar surface area (TPSA) is 67.9 Å². The van der Waals surface area contributed by atoms with Crippen LogP contribution < -0.4 is 14.2 Å². The fourth-order valence-electron chi connectivity index (χ4n) is 3.54. The average molecular weight is 409 g/mol. The molecule has 144 valence electrons. The highest BCUT2D eigenvalue weighted by Gasteiger charge is 2.26. The zero-order valence-corrected chi connectivity index (χ0v) is 16.3. The zero-order valence-electron chi connectivity index (χ0n) is 14.7. The van der Waals surface area contributed by atoms with E-state index in [0.717, 1.165) is 31.5 Å². The van der Waals surface area contributed by atoms with Gasteiger partial charge in [0.1, 0.15) is 0 Å². The summed E-state index contributed by atoms with van der Waals surface area (Å²) in [5.74, 6) is 1.01. The lowest BCUT2D eigenvalue weighted by atomic mass is 10.1.